The van der Waals surface area contributed by atoms with Gasteiger partial charge in [0, 0.05) is 24.0 Å². The lowest BCUT2D eigenvalue weighted by molar-refractivity contribution is 0.0972. The van der Waals surface area contributed by atoms with E-state index in [4.69, 9.17) is 0 Å². The molecule has 0 aliphatic carbocycles. The second-order valence-corrected chi connectivity index (χ2v) is 5.86. The van der Waals surface area contributed by atoms with E-state index in [-0.39, 0.29) is 0 Å². The summed E-state index contributed by atoms with van der Waals surface area (Å²) in [7, 11) is 0. The fourth-order valence-electron chi connectivity index (χ4n) is 1.44. The summed E-state index contributed by atoms with van der Waals surface area (Å²) < 4.78 is 1.24. The van der Waals surface area contributed by atoms with Gasteiger partial charge in [-0.25, -0.2) is 0 Å². The highest BCUT2D eigenvalue weighted by molar-refractivity contribution is 9.11. The molecule has 1 aliphatic rings. The van der Waals surface area contributed by atoms with Crippen molar-refractivity contribution >= 4 is 27.3 Å². The van der Waals surface area contributed by atoms with Crippen molar-refractivity contribution in [2.24, 2.45) is 0 Å². The fourth-order valence-corrected chi connectivity index (χ4v) is 2.95. The number of nitrogens with zero attached hydrogens (tertiary/aromatic N) is 1. The van der Waals surface area contributed by atoms with E-state index in [2.05, 4.69) is 39.9 Å². The van der Waals surface area contributed by atoms with E-state index < -0.39 is 0 Å². The van der Waals surface area contributed by atoms with Crippen LogP contribution in [0.25, 0.3) is 0 Å². The second kappa shape index (κ2) is 3.48. The van der Waals surface area contributed by atoms with Crippen molar-refractivity contribution in [3.63, 3.8) is 0 Å². The third-order valence-electron chi connectivity index (χ3n) is 2.45. The summed E-state index contributed by atoms with van der Waals surface area (Å²) in [6.07, 6.45) is 1.37. The first kappa shape index (κ1) is 8.73. The molecule has 1 aromatic heterocycles. The highest BCUT2D eigenvalue weighted by Crippen LogP contribution is 2.26. The van der Waals surface area contributed by atoms with E-state index in [0.717, 1.165) is 12.6 Å². The number of hydrogen-bond acceptors (Lipinski definition) is 2. The lowest BCUT2D eigenvalue weighted by atomic mass is 10.1. The molecule has 0 amide bonds. The van der Waals surface area contributed by atoms with Crippen LogP contribution >= 0.6 is 27.3 Å². The van der Waals surface area contributed by atoms with Crippen molar-refractivity contribution in [1.29, 1.82) is 0 Å². The quantitative estimate of drug-likeness (QED) is 0.775. The van der Waals surface area contributed by atoms with E-state index in [1.165, 1.54) is 21.6 Å². The van der Waals surface area contributed by atoms with Crippen molar-refractivity contribution in [3.05, 3.63) is 20.8 Å². The Hall–Kier alpha value is 0.140. The minimum Gasteiger partial charge on any atom is -0.295 e. The number of thiophene rings is 1. The third kappa shape index (κ3) is 1.73. The molecule has 1 atom stereocenters. The van der Waals surface area contributed by atoms with Crippen LogP contribution in [0.3, 0.4) is 0 Å². The molecule has 3 heteroatoms. The monoisotopic (exact) mass is 245 g/mol. The molecule has 1 saturated heterocycles. The van der Waals surface area contributed by atoms with Gasteiger partial charge in [-0.3, -0.25) is 4.90 Å². The fraction of sp³-hybridized carbons (Fsp3) is 0.556. The summed E-state index contributed by atoms with van der Waals surface area (Å²) in [6, 6.07) is 5.13. The lowest BCUT2D eigenvalue weighted by Gasteiger charge is -2.38. The maximum Gasteiger partial charge on any atom is 0.0701 e. The van der Waals surface area contributed by atoms with Crippen molar-refractivity contribution in [2.45, 2.75) is 25.9 Å². The molecule has 12 heavy (non-hydrogen) atoms. The van der Waals surface area contributed by atoms with Crippen molar-refractivity contribution in [3.8, 4) is 0 Å². The molecule has 1 aliphatic heterocycles. The van der Waals surface area contributed by atoms with Crippen LogP contribution in [0.1, 0.15) is 18.2 Å². The van der Waals surface area contributed by atoms with Crippen molar-refractivity contribution < 1.29 is 0 Å². The Morgan fingerprint density at radius 1 is 1.67 bits per heavy atom. The number of likely N-dealkylation sites (tertiary alicyclic amines) is 1. The zero-order valence-electron chi connectivity index (χ0n) is 7.09. The van der Waals surface area contributed by atoms with Gasteiger partial charge < -0.3 is 0 Å². The molecule has 0 radical (unpaired) electrons. The summed E-state index contributed by atoms with van der Waals surface area (Å²) in [4.78, 5) is 3.98. The molecule has 0 saturated carbocycles. The molecule has 66 valence electrons. The SMILES string of the molecule is CC1CCN1Cc1ccc(Br)s1. The van der Waals surface area contributed by atoms with E-state index in [1.54, 1.807) is 0 Å². The molecule has 2 rings (SSSR count). The highest BCUT2D eigenvalue weighted by Gasteiger charge is 2.23. The lowest BCUT2D eigenvalue weighted by Crippen LogP contribution is -2.44. The Morgan fingerprint density at radius 3 is 2.92 bits per heavy atom. The maximum absolute atomic E-state index is 3.48. The average molecular weight is 246 g/mol. The highest BCUT2D eigenvalue weighted by atomic mass is 79.9. The van der Waals surface area contributed by atoms with Crippen LogP contribution in [-0.2, 0) is 6.54 Å². The summed E-state index contributed by atoms with van der Waals surface area (Å²) in [5.41, 5.74) is 0. The molecular formula is C9H12BrNS. The predicted octanol–water partition coefficient (Wildman–Crippen LogP) is 3.10. The van der Waals surface area contributed by atoms with Crippen LogP contribution in [0.15, 0.2) is 15.9 Å². The van der Waals surface area contributed by atoms with E-state index in [9.17, 15) is 0 Å². The zero-order chi connectivity index (χ0) is 8.55. The molecule has 1 aromatic rings. The Bertz CT molecular complexity index is 271. The maximum atomic E-state index is 3.48. The number of halogens is 1. The minimum atomic E-state index is 0.797. The standard InChI is InChI=1S/C9H12BrNS/c1-7-4-5-11(7)6-8-2-3-9(10)12-8/h2-3,7H,4-6H2,1H3. The molecule has 2 heterocycles. The van der Waals surface area contributed by atoms with E-state index in [0.29, 0.717) is 0 Å². The number of hydrogen-bond donors (Lipinski definition) is 0. The molecule has 1 unspecified atom stereocenters. The van der Waals surface area contributed by atoms with Crippen LogP contribution < -0.4 is 0 Å². The van der Waals surface area contributed by atoms with Gasteiger partial charge in [0.25, 0.3) is 0 Å². The molecule has 0 bridgehead atoms. The van der Waals surface area contributed by atoms with Gasteiger partial charge >= 0.3 is 0 Å². The third-order valence-corrected chi connectivity index (χ3v) is 4.05. The van der Waals surface area contributed by atoms with Crippen LogP contribution in [-0.4, -0.2) is 17.5 Å². The summed E-state index contributed by atoms with van der Waals surface area (Å²) >= 11 is 5.32. The first-order valence-electron chi connectivity index (χ1n) is 4.24. The summed E-state index contributed by atoms with van der Waals surface area (Å²) in [5, 5.41) is 0. The minimum absolute atomic E-state index is 0.797. The first-order valence-corrected chi connectivity index (χ1v) is 5.85. The molecule has 1 nitrogen and oxygen atoms in total. The van der Waals surface area contributed by atoms with Crippen LogP contribution in [0.5, 0.6) is 0 Å². The van der Waals surface area contributed by atoms with Gasteiger partial charge in [0.2, 0.25) is 0 Å². The van der Waals surface area contributed by atoms with Gasteiger partial charge in [-0.1, -0.05) is 0 Å². The predicted molar refractivity (Wildman–Crippen MR) is 56.5 cm³/mol. The Kier molecular flexibility index (Phi) is 2.53. The second-order valence-electron chi connectivity index (χ2n) is 3.31. The molecule has 0 spiro atoms. The van der Waals surface area contributed by atoms with Crippen LogP contribution in [0, 0.1) is 0 Å². The molecule has 0 N–H and O–H groups in total. The summed E-state index contributed by atoms with van der Waals surface area (Å²) in [5.74, 6) is 0. The molecule has 1 fully saturated rings. The van der Waals surface area contributed by atoms with Crippen LogP contribution in [0.4, 0.5) is 0 Å². The number of rotatable bonds is 2. The van der Waals surface area contributed by atoms with Crippen molar-refractivity contribution in [1.82, 2.24) is 4.90 Å². The Morgan fingerprint density at radius 2 is 2.50 bits per heavy atom. The average Bonchev–Trinajstić information content (AvgIpc) is 2.44. The first-order chi connectivity index (χ1) is 5.75. The normalized spacial score (nSPS) is 24.0. The Balaban J connectivity index is 1.95. The van der Waals surface area contributed by atoms with Crippen LogP contribution in [0.2, 0.25) is 0 Å². The van der Waals surface area contributed by atoms with Gasteiger partial charge in [-0.05, 0) is 41.4 Å². The van der Waals surface area contributed by atoms with Gasteiger partial charge in [0.15, 0.2) is 0 Å². The van der Waals surface area contributed by atoms with Crippen molar-refractivity contribution in [2.75, 3.05) is 6.54 Å². The largest absolute Gasteiger partial charge is 0.295 e. The van der Waals surface area contributed by atoms with Gasteiger partial charge in [-0.15, -0.1) is 11.3 Å². The Labute approximate surface area is 85.5 Å². The summed E-state index contributed by atoms with van der Waals surface area (Å²) in [6.45, 7) is 4.71. The van der Waals surface area contributed by atoms with Gasteiger partial charge in [0.05, 0.1) is 3.79 Å². The van der Waals surface area contributed by atoms with Gasteiger partial charge in [0.1, 0.15) is 0 Å². The van der Waals surface area contributed by atoms with E-state index >= 15 is 0 Å². The molecule has 0 aromatic carbocycles. The molecular weight excluding hydrogens is 234 g/mol. The smallest absolute Gasteiger partial charge is 0.0701 e. The topological polar surface area (TPSA) is 3.24 Å². The zero-order valence-corrected chi connectivity index (χ0v) is 9.49. The van der Waals surface area contributed by atoms with E-state index in [1.807, 2.05) is 11.3 Å². The van der Waals surface area contributed by atoms with Gasteiger partial charge in [-0.2, -0.15) is 0 Å².